The van der Waals surface area contributed by atoms with Crippen LogP contribution < -0.4 is 0 Å². The second-order valence-electron chi connectivity index (χ2n) is 7.21. The fourth-order valence-electron chi connectivity index (χ4n) is 5.23. The van der Waals surface area contributed by atoms with Crippen LogP contribution in [0.25, 0.3) is 0 Å². The molecule has 2 bridgehead atoms. The summed E-state index contributed by atoms with van der Waals surface area (Å²) in [6.45, 7) is 0. The molecule has 3 aliphatic rings. The van der Waals surface area contributed by atoms with Crippen molar-refractivity contribution in [2.24, 2.45) is 11.8 Å². The molecular formula is C23H16O2. The zero-order valence-corrected chi connectivity index (χ0v) is 13.6. The van der Waals surface area contributed by atoms with Gasteiger partial charge in [0.2, 0.25) is 0 Å². The first kappa shape index (κ1) is 13.6. The number of ketones is 1. The maximum atomic E-state index is 12.9. The van der Waals surface area contributed by atoms with Gasteiger partial charge in [0.1, 0.15) is 17.0 Å². The average molecular weight is 324 g/mol. The molecule has 6 rings (SSSR count). The summed E-state index contributed by atoms with van der Waals surface area (Å²) >= 11 is 0. The Labute approximate surface area is 146 Å². The predicted octanol–water partition coefficient (Wildman–Crippen LogP) is 4.03. The van der Waals surface area contributed by atoms with Gasteiger partial charge < -0.3 is 4.74 Å². The summed E-state index contributed by atoms with van der Waals surface area (Å²) in [6.07, 6.45) is 0. The molecule has 0 spiro atoms. The summed E-state index contributed by atoms with van der Waals surface area (Å²) in [6, 6.07) is 28.8. The molecule has 4 unspecified atom stereocenters. The molecule has 4 atom stereocenters. The standard InChI is InChI=1S/C23H16O2/c24-21-19-20(21)23(16-11-5-2-6-12-16)18-14-8-7-13-17(18)22(19,25-23)15-9-3-1-4-10-15/h1-14,19-20H. The van der Waals surface area contributed by atoms with Crippen molar-refractivity contribution in [3.8, 4) is 0 Å². The topological polar surface area (TPSA) is 26.3 Å². The highest BCUT2D eigenvalue weighted by Crippen LogP contribution is 2.75. The molecule has 1 saturated carbocycles. The number of carbonyl (C=O) groups is 1. The Kier molecular flexibility index (Phi) is 2.32. The van der Waals surface area contributed by atoms with Gasteiger partial charge in [-0.3, -0.25) is 4.79 Å². The Balaban J connectivity index is 1.71. The largest absolute Gasteiger partial charge is 0.348 e. The smallest absolute Gasteiger partial charge is 0.147 e. The second kappa shape index (κ2) is 4.27. The van der Waals surface area contributed by atoms with Crippen molar-refractivity contribution in [3.63, 3.8) is 0 Å². The molecule has 0 aromatic heterocycles. The van der Waals surface area contributed by atoms with Gasteiger partial charge in [0.05, 0.1) is 11.8 Å². The van der Waals surface area contributed by atoms with Crippen LogP contribution in [0, 0.1) is 11.8 Å². The van der Waals surface area contributed by atoms with Gasteiger partial charge in [0, 0.05) is 0 Å². The first-order valence-corrected chi connectivity index (χ1v) is 8.75. The molecule has 2 heterocycles. The van der Waals surface area contributed by atoms with E-state index < -0.39 is 11.2 Å². The Morgan fingerprint density at radius 3 is 1.44 bits per heavy atom. The van der Waals surface area contributed by atoms with Crippen molar-refractivity contribution in [3.05, 3.63) is 107 Å². The van der Waals surface area contributed by atoms with Crippen LogP contribution in [0.1, 0.15) is 22.3 Å². The molecule has 1 aliphatic carbocycles. The zero-order valence-electron chi connectivity index (χ0n) is 13.6. The van der Waals surface area contributed by atoms with Crippen LogP contribution in [0.2, 0.25) is 0 Å². The van der Waals surface area contributed by atoms with Crippen LogP contribution in [0.5, 0.6) is 0 Å². The summed E-state index contributed by atoms with van der Waals surface area (Å²) in [5, 5.41) is 0. The normalized spacial score (nSPS) is 33.8. The van der Waals surface area contributed by atoms with Crippen LogP contribution in [0.3, 0.4) is 0 Å². The SMILES string of the molecule is O=C1C2C1C1(c3ccccc3)OC2(c2ccccc2)c2ccccc21. The van der Waals surface area contributed by atoms with Crippen LogP contribution in [0.15, 0.2) is 84.9 Å². The van der Waals surface area contributed by atoms with Crippen molar-refractivity contribution in [1.29, 1.82) is 0 Å². The first-order valence-electron chi connectivity index (χ1n) is 8.75. The molecule has 0 radical (unpaired) electrons. The minimum absolute atomic E-state index is 0.0787. The molecule has 3 aromatic rings. The second-order valence-corrected chi connectivity index (χ2v) is 7.21. The summed E-state index contributed by atoms with van der Waals surface area (Å²) in [5.74, 6) is 0.171. The fourth-order valence-corrected chi connectivity index (χ4v) is 5.23. The van der Waals surface area contributed by atoms with E-state index in [4.69, 9.17) is 4.74 Å². The summed E-state index contributed by atoms with van der Waals surface area (Å²) in [5.41, 5.74) is 3.18. The lowest BCUT2D eigenvalue weighted by atomic mass is 9.72. The van der Waals surface area contributed by atoms with Gasteiger partial charge in [0.25, 0.3) is 0 Å². The van der Waals surface area contributed by atoms with Gasteiger partial charge >= 0.3 is 0 Å². The zero-order chi connectivity index (χ0) is 16.6. The van der Waals surface area contributed by atoms with Crippen molar-refractivity contribution in [1.82, 2.24) is 0 Å². The molecule has 25 heavy (non-hydrogen) atoms. The van der Waals surface area contributed by atoms with Crippen molar-refractivity contribution in [2.45, 2.75) is 11.2 Å². The third-order valence-corrected chi connectivity index (χ3v) is 6.17. The molecule has 3 aromatic carbocycles. The van der Waals surface area contributed by atoms with E-state index >= 15 is 0 Å². The number of hydrogen-bond donors (Lipinski definition) is 0. The first-order chi connectivity index (χ1) is 12.3. The molecule has 2 nitrogen and oxygen atoms in total. The molecular weight excluding hydrogens is 308 g/mol. The Morgan fingerprint density at radius 1 is 0.600 bits per heavy atom. The van der Waals surface area contributed by atoms with Gasteiger partial charge in [0.15, 0.2) is 0 Å². The molecule has 2 aliphatic heterocycles. The number of fused-ring (bicyclic) bond motifs is 8. The van der Waals surface area contributed by atoms with E-state index in [-0.39, 0.29) is 11.8 Å². The van der Waals surface area contributed by atoms with E-state index in [1.54, 1.807) is 0 Å². The van der Waals surface area contributed by atoms with E-state index in [0.717, 1.165) is 22.3 Å². The van der Waals surface area contributed by atoms with Crippen LogP contribution in [0.4, 0.5) is 0 Å². The summed E-state index contributed by atoms with van der Waals surface area (Å²) < 4.78 is 6.90. The van der Waals surface area contributed by atoms with Crippen LogP contribution >= 0.6 is 0 Å². The average Bonchev–Trinajstić information content (AvgIpc) is 3.15. The van der Waals surface area contributed by atoms with E-state index in [1.165, 1.54) is 0 Å². The summed E-state index contributed by atoms with van der Waals surface area (Å²) in [7, 11) is 0. The lowest BCUT2D eigenvalue weighted by molar-refractivity contribution is -0.128. The number of hydrogen-bond acceptors (Lipinski definition) is 2. The highest BCUT2D eigenvalue weighted by atomic mass is 16.5. The van der Waals surface area contributed by atoms with Gasteiger partial charge in [-0.15, -0.1) is 0 Å². The fraction of sp³-hybridized carbons (Fsp3) is 0.174. The number of Topliss-reactive ketones (excluding diaryl/α,β-unsaturated/α-hetero) is 1. The Hall–Kier alpha value is -2.71. The molecule has 1 saturated heterocycles. The molecule has 120 valence electrons. The van der Waals surface area contributed by atoms with Crippen molar-refractivity contribution < 1.29 is 9.53 Å². The van der Waals surface area contributed by atoms with E-state index in [9.17, 15) is 4.79 Å². The van der Waals surface area contributed by atoms with Crippen LogP contribution in [-0.4, -0.2) is 5.78 Å². The third kappa shape index (κ3) is 1.36. The van der Waals surface area contributed by atoms with Gasteiger partial charge in [-0.1, -0.05) is 84.9 Å². The molecule has 0 N–H and O–H groups in total. The monoisotopic (exact) mass is 324 g/mol. The molecule has 2 fully saturated rings. The molecule has 0 amide bonds. The number of ether oxygens (including phenoxy) is 1. The number of carbonyl (C=O) groups excluding carboxylic acids is 1. The molecule has 2 heteroatoms. The Bertz CT molecular complexity index is 930. The van der Waals surface area contributed by atoms with E-state index in [2.05, 4.69) is 36.4 Å². The lowest BCUT2D eigenvalue weighted by Gasteiger charge is -2.30. The highest BCUT2D eigenvalue weighted by Gasteiger charge is 2.83. The van der Waals surface area contributed by atoms with Gasteiger partial charge in [-0.05, 0) is 22.3 Å². The quantitative estimate of drug-likeness (QED) is 0.711. The van der Waals surface area contributed by atoms with Gasteiger partial charge in [-0.2, -0.15) is 0 Å². The highest BCUT2D eigenvalue weighted by molar-refractivity contribution is 6.05. The van der Waals surface area contributed by atoms with Crippen molar-refractivity contribution >= 4 is 5.78 Å². The van der Waals surface area contributed by atoms with Crippen LogP contribution in [-0.2, 0) is 20.7 Å². The maximum absolute atomic E-state index is 12.9. The van der Waals surface area contributed by atoms with Crippen molar-refractivity contribution in [2.75, 3.05) is 0 Å². The van der Waals surface area contributed by atoms with Gasteiger partial charge in [-0.25, -0.2) is 0 Å². The number of benzene rings is 3. The van der Waals surface area contributed by atoms with E-state index in [0.29, 0.717) is 5.78 Å². The Morgan fingerprint density at radius 2 is 1.00 bits per heavy atom. The van der Waals surface area contributed by atoms with E-state index in [1.807, 2.05) is 48.5 Å². The predicted molar refractivity (Wildman–Crippen MR) is 94.0 cm³/mol. The third-order valence-electron chi connectivity index (χ3n) is 6.17. The minimum Gasteiger partial charge on any atom is -0.348 e. The lowest BCUT2D eigenvalue weighted by Crippen LogP contribution is -2.32. The summed E-state index contributed by atoms with van der Waals surface area (Å²) in [4.78, 5) is 12.9. The minimum atomic E-state index is -0.643. The number of rotatable bonds is 2. The maximum Gasteiger partial charge on any atom is 0.147 e.